The topological polar surface area (TPSA) is 26.0 Å². The van der Waals surface area contributed by atoms with Gasteiger partial charge >= 0.3 is 0 Å². The molecule has 0 aromatic heterocycles. The van der Waals surface area contributed by atoms with Crippen LogP contribution in [0.3, 0.4) is 0 Å². The maximum Gasteiger partial charge on any atom is 0.130 e. The Labute approximate surface area is 99.4 Å². The second-order valence-electron chi connectivity index (χ2n) is 4.70. The van der Waals surface area contributed by atoms with Crippen molar-refractivity contribution in [2.75, 3.05) is 5.75 Å². The van der Waals surface area contributed by atoms with Gasteiger partial charge in [-0.3, -0.25) is 0 Å². The standard InChI is InChI=1S/C12H17F2NS/c1-12(2,3)16-7-11(15)9-5-4-8(13)6-10(9)14/h4-6,11H,7,15H2,1-3H3. The Kier molecular flexibility index (Phi) is 4.33. The molecule has 0 amide bonds. The van der Waals surface area contributed by atoms with Crippen molar-refractivity contribution in [2.45, 2.75) is 31.6 Å². The van der Waals surface area contributed by atoms with Crippen molar-refractivity contribution in [3.8, 4) is 0 Å². The van der Waals surface area contributed by atoms with E-state index in [1.165, 1.54) is 12.1 Å². The first-order chi connectivity index (χ1) is 7.29. The number of nitrogens with two attached hydrogens (primary N) is 1. The van der Waals surface area contributed by atoms with E-state index in [4.69, 9.17) is 5.73 Å². The van der Waals surface area contributed by atoms with Gasteiger partial charge in [-0.15, -0.1) is 0 Å². The van der Waals surface area contributed by atoms with Gasteiger partial charge in [-0.2, -0.15) is 11.8 Å². The quantitative estimate of drug-likeness (QED) is 0.882. The zero-order valence-corrected chi connectivity index (χ0v) is 10.6. The minimum Gasteiger partial charge on any atom is -0.323 e. The third-order valence-electron chi connectivity index (χ3n) is 2.06. The zero-order chi connectivity index (χ0) is 12.3. The molecule has 2 N–H and O–H groups in total. The Bertz CT molecular complexity index is 361. The molecule has 1 nitrogen and oxygen atoms in total. The van der Waals surface area contributed by atoms with Gasteiger partial charge in [0.05, 0.1) is 0 Å². The number of hydrogen-bond donors (Lipinski definition) is 1. The Morgan fingerprint density at radius 2 is 1.94 bits per heavy atom. The second kappa shape index (κ2) is 5.15. The number of halogens is 2. The Hall–Kier alpha value is -0.610. The SMILES string of the molecule is CC(C)(C)SCC(N)c1ccc(F)cc1F. The fraction of sp³-hybridized carbons (Fsp3) is 0.500. The summed E-state index contributed by atoms with van der Waals surface area (Å²) >= 11 is 1.66. The summed E-state index contributed by atoms with van der Waals surface area (Å²) in [5.41, 5.74) is 6.24. The van der Waals surface area contributed by atoms with Crippen molar-refractivity contribution >= 4 is 11.8 Å². The summed E-state index contributed by atoms with van der Waals surface area (Å²) in [6, 6.07) is 3.13. The first kappa shape index (κ1) is 13.5. The molecule has 1 aromatic carbocycles. The Morgan fingerprint density at radius 1 is 1.31 bits per heavy atom. The van der Waals surface area contributed by atoms with Crippen molar-refractivity contribution in [3.05, 3.63) is 35.4 Å². The molecule has 0 saturated carbocycles. The van der Waals surface area contributed by atoms with Crippen LogP contribution in [0.1, 0.15) is 32.4 Å². The molecule has 16 heavy (non-hydrogen) atoms. The van der Waals surface area contributed by atoms with Gasteiger partial charge in [-0.05, 0) is 6.07 Å². The molecule has 0 aliphatic heterocycles. The molecule has 1 atom stereocenters. The molecule has 0 heterocycles. The van der Waals surface area contributed by atoms with E-state index < -0.39 is 17.7 Å². The van der Waals surface area contributed by atoms with E-state index in [2.05, 4.69) is 20.8 Å². The average molecular weight is 245 g/mol. The van der Waals surface area contributed by atoms with Crippen LogP contribution in [0.4, 0.5) is 8.78 Å². The second-order valence-corrected chi connectivity index (χ2v) is 6.54. The maximum absolute atomic E-state index is 13.4. The normalized spacial score (nSPS) is 13.9. The fourth-order valence-corrected chi connectivity index (χ4v) is 2.09. The molecule has 0 saturated heterocycles. The smallest absolute Gasteiger partial charge is 0.130 e. The molecular weight excluding hydrogens is 228 g/mol. The van der Waals surface area contributed by atoms with Crippen LogP contribution in [0.15, 0.2) is 18.2 Å². The Balaban J connectivity index is 2.70. The van der Waals surface area contributed by atoms with Gasteiger partial charge in [0.15, 0.2) is 0 Å². The molecule has 1 unspecified atom stereocenters. The molecule has 90 valence electrons. The maximum atomic E-state index is 13.4. The van der Waals surface area contributed by atoms with E-state index in [9.17, 15) is 8.78 Å². The van der Waals surface area contributed by atoms with E-state index in [0.29, 0.717) is 11.3 Å². The third-order valence-corrected chi connectivity index (χ3v) is 3.45. The molecule has 0 fully saturated rings. The first-order valence-electron chi connectivity index (χ1n) is 5.14. The van der Waals surface area contributed by atoms with Crippen LogP contribution in [0.2, 0.25) is 0 Å². The lowest BCUT2D eigenvalue weighted by molar-refractivity contribution is 0.563. The van der Waals surface area contributed by atoms with Gasteiger partial charge in [-0.25, -0.2) is 8.78 Å². The van der Waals surface area contributed by atoms with Crippen LogP contribution < -0.4 is 5.73 Å². The number of benzene rings is 1. The highest BCUT2D eigenvalue weighted by Crippen LogP contribution is 2.28. The summed E-state index contributed by atoms with van der Waals surface area (Å²) in [6.07, 6.45) is 0. The molecule has 1 aromatic rings. The van der Waals surface area contributed by atoms with Crippen LogP contribution in [0, 0.1) is 11.6 Å². The van der Waals surface area contributed by atoms with Crippen LogP contribution in [-0.4, -0.2) is 10.5 Å². The van der Waals surface area contributed by atoms with Gasteiger partial charge in [0.2, 0.25) is 0 Å². The minimum absolute atomic E-state index is 0.0914. The van der Waals surface area contributed by atoms with E-state index in [0.717, 1.165) is 6.07 Å². The van der Waals surface area contributed by atoms with Crippen LogP contribution in [0.25, 0.3) is 0 Å². The minimum atomic E-state index is -0.572. The summed E-state index contributed by atoms with van der Waals surface area (Å²) < 4.78 is 26.2. The molecule has 0 aliphatic carbocycles. The number of thioether (sulfide) groups is 1. The van der Waals surface area contributed by atoms with Gasteiger partial charge in [0.1, 0.15) is 11.6 Å². The lowest BCUT2D eigenvalue weighted by Gasteiger charge is -2.21. The van der Waals surface area contributed by atoms with Crippen LogP contribution >= 0.6 is 11.8 Å². The van der Waals surface area contributed by atoms with Crippen molar-refractivity contribution in [1.29, 1.82) is 0 Å². The molecule has 0 aliphatic rings. The molecule has 0 radical (unpaired) electrons. The largest absolute Gasteiger partial charge is 0.323 e. The summed E-state index contributed by atoms with van der Waals surface area (Å²) in [5, 5.41) is 0. The summed E-state index contributed by atoms with van der Waals surface area (Å²) in [4.78, 5) is 0. The van der Waals surface area contributed by atoms with Crippen LogP contribution in [0.5, 0.6) is 0 Å². The highest BCUT2D eigenvalue weighted by atomic mass is 32.2. The average Bonchev–Trinajstić information content (AvgIpc) is 2.13. The van der Waals surface area contributed by atoms with E-state index in [1.54, 1.807) is 11.8 Å². The fourth-order valence-electron chi connectivity index (χ4n) is 1.23. The highest BCUT2D eigenvalue weighted by Gasteiger charge is 2.16. The van der Waals surface area contributed by atoms with Gasteiger partial charge in [0, 0.05) is 28.2 Å². The van der Waals surface area contributed by atoms with E-state index in [1.807, 2.05) is 0 Å². The molecule has 1 rings (SSSR count). The predicted octanol–water partition coefficient (Wildman–Crippen LogP) is 3.50. The first-order valence-corrected chi connectivity index (χ1v) is 6.12. The molecule has 4 heteroatoms. The van der Waals surface area contributed by atoms with Crippen molar-refractivity contribution < 1.29 is 8.78 Å². The third kappa shape index (κ3) is 4.10. The van der Waals surface area contributed by atoms with Gasteiger partial charge in [-0.1, -0.05) is 26.8 Å². The predicted molar refractivity (Wildman–Crippen MR) is 65.5 cm³/mol. The lowest BCUT2D eigenvalue weighted by Crippen LogP contribution is -2.19. The molecule has 0 spiro atoms. The van der Waals surface area contributed by atoms with Crippen molar-refractivity contribution in [2.24, 2.45) is 5.73 Å². The Morgan fingerprint density at radius 3 is 2.44 bits per heavy atom. The van der Waals surface area contributed by atoms with Gasteiger partial charge < -0.3 is 5.73 Å². The van der Waals surface area contributed by atoms with E-state index in [-0.39, 0.29) is 4.75 Å². The summed E-state index contributed by atoms with van der Waals surface area (Å²) in [6.45, 7) is 6.22. The monoisotopic (exact) mass is 245 g/mol. The molecule has 0 bridgehead atoms. The highest BCUT2D eigenvalue weighted by molar-refractivity contribution is 8.00. The number of hydrogen-bond acceptors (Lipinski definition) is 2. The summed E-state index contributed by atoms with van der Waals surface area (Å²) in [5.74, 6) is -0.523. The number of rotatable bonds is 3. The lowest BCUT2D eigenvalue weighted by atomic mass is 10.1. The van der Waals surface area contributed by atoms with Crippen molar-refractivity contribution in [1.82, 2.24) is 0 Å². The van der Waals surface area contributed by atoms with Crippen molar-refractivity contribution in [3.63, 3.8) is 0 Å². The van der Waals surface area contributed by atoms with Gasteiger partial charge in [0.25, 0.3) is 0 Å². The molecular formula is C12H17F2NS. The van der Waals surface area contributed by atoms with Crippen LogP contribution in [-0.2, 0) is 0 Å². The summed E-state index contributed by atoms with van der Waals surface area (Å²) in [7, 11) is 0. The zero-order valence-electron chi connectivity index (χ0n) is 9.76. The van der Waals surface area contributed by atoms with E-state index >= 15 is 0 Å².